The molecular formula is C7H4ClF3INO4S. The topological polar surface area (TPSA) is 65.5 Å². The van der Waals surface area contributed by atoms with Gasteiger partial charge in [0.1, 0.15) is 0 Å². The Bertz CT molecular complexity index is 563. The first-order valence-corrected chi connectivity index (χ1v) is 7.38. The molecule has 1 aromatic rings. The van der Waals surface area contributed by atoms with Crippen molar-refractivity contribution in [2.24, 2.45) is 0 Å². The number of alkyl halides is 3. The van der Waals surface area contributed by atoms with Crippen LogP contribution in [0.1, 0.15) is 0 Å². The van der Waals surface area contributed by atoms with Crippen LogP contribution in [0.5, 0.6) is 11.5 Å². The fraction of sp³-hybridized carbons (Fsp3) is 0.286. The van der Waals surface area contributed by atoms with Crippen molar-refractivity contribution < 1.29 is 31.1 Å². The second-order valence-corrected chi connectivity index (χ2v) is 6.32. The van der Waals surface area contributed by atoms with Crippen molar-refractivity contribution in [2.45, 2.75) is 11.4 Å². The maximum atomic E-state index is 12.2. The van der Waals surface area contributed by atoms with E-state index in [0.717, 1.165) is 13.3 Å². The Morgan fingerprint density at radius 3 is 2.39 bits per heavy atom. The first kappa shape index (κ1) is 15.6. The average Bonchev–Trinajstić information content (AvgIpc) is 2.17. The van der Waals surface area contributed by atoms with Crippen molar-refractivity contribution >= 4 is 42.3 Å². The second kappa shape index (κ2) is 5.25. The first-order chi connectivity index (χ1) is 8.06. The van der Waals surface area contributed by atoms with E-state index in [9.17, 15) is 21.6 Å². The molecule has 0 N–H and O–H groups in total. The summed E-state index contributed by atoms with van der Waals surface area (Å²) in [5.74, 6) is -1.17. The van der Waals surface area contributed by atoms with E-state index in [0.29, 0.717) is 0 Å². The molecular weight excluding hydrogens is 413 g/mol. The molecule has 1 heterocycles. The molecule has 18 heavy (non-hydrogen) atoms. The number of halogens is 5. The van der Waals surface area contributed by atoms with Crippen LogP contribution in [-0.4, -0.2) is 26.9 Å². The number of rotatable bonds is 3. The summed E-state index contributed by atoms with van der Waals surface area (Å²) in [5, 5.41) is -0.732. The SMILES string of the molecule is COc1cnc(S(=O)(=O)Cl)c(I)c1OC(F)(F)F. The lowest BCUT2D eigenvalue weighted by Crippen LogP contribution is -2.19. The molecule has 1 aromatic heterocycles. The van der Waals surface area contributed by atoms with Gasteiger partial charge >= 0.3 is 6.36 Å². The molecule has 0 aliphatic heterocycles. The van der Waals surface area contributed by atoms with Gasteiger partial charge in [-0.05, 0) is 22.6 Å². The molecule has 0 amide bonds. The van der Waals surface area contributed by atoms with Gasteiger partial charge in [-0.1, -0.05) is 0 Å². The van der Waals surface area contributed by atoms with Crippen molar-refractivity contribution in [2.75, 3.05) is 7.11 Å². The number of hydrogen-bond donors (Lipinski definition) is 0. The molecule has 0 spiro atoms. The van der Waals surface area contributed by atoms with Crippen molar-refractivity contribution in [3.63, 3.8) is 0 Å². The van der Waals surface area contributed by atoms with Crippen LogP contribution in [0.2, 0.25) is 0 Å². The van der Waals surface area contributed by atoms with Crippen LogP contribution in [0.25, 0.3) is 0 Å². The van der Waals surface area contributed by atoms with Gasteiger partial charge in [-0.3, -0.25) is 0 Å². The molecule has 102 valence electrons. The third kappa shape index (κ3) is 3.75. The molecule has 0 atom stereocenters. The fourth-order valence-electron chi connectivity index (χ4n) is 0.964. The third-order valence-electron chi connectivity index (χ3n) is 1.58. The van der Waals surface area contributed by atoms with E-state index in [1.807, 2.05) is 0 Å². The molecule has 0 bridgehead atoms. The molecule has 0 saturated heterocycles. The molecule has 0 fully saturated rings. The number of pyridine rings is 1. The summed E-state index contributed by atoms with van der Waals surface area (Å²) >= 11 is 1.32. The highest BCUT2D eigenvalue weighted by Crippen LogP contribution is 2.38. The summed E-state index contributed by atoms with van der Waals surface area (Å²) in [5.41, 5.74) is 0. The number of aromatic nitrogens is 1. The maximum absolute atomic E-state index is 12.2. The Labute approximate surface area is 118 Å². The maximum Gasteiger partial charge on any atom is 0.573 e. The predicted molar refractivity (Wildman–Crippen MR) is 63.2 cm³/mol. The largest absolute Gasteiger partial charge is 0.573 e. The molecule has 5 nitrogen and oxygen atoms in total. The summed E-state index contributed by atoms with van der Waals surface area (Å²) < 4.78 is 66.6. The van der Waals surface area contributed by atoms with Crippen molar-refractivity contribution in [1.82, 2.24) is 4.98 Å². The van der Waals surface area contributed by atoms with Gasteiger partial charge in [-0.15, -0.1) is 13.2 Å². The summed E-state index contributed by atoms with van der Waals surface area (Å²) in [6.07, 6.45) is -4.22. The van der Waals surface area contributed by atoms with Crippen molar-refractivity contribution in [3.8, 4) is 11.5 Å². The molecule has 0 aromatic carbocycles. The lowest BCUT2D eigenvalue weighted by molar-refractivity contribution is -0.275. The number of methoxy groups -OCH3 is 1. The molecule has 0 unspecified atom stereocenters. The summed E-state index contributed by atoms with van der Waals surface area (Å²) in [6.45, 7) is 0. The monoisotopic (exact) mass is 417 g/mol. The third-order valence-corrected chi connectivity index (χ3v) is 4.16. The van der Waals surface area contributed by atoms with Crippen LogP contribution in [0.15, 0.2) is 11.2 Å². The minimum atomic E-state index is -5.00. The Hall–Kier alpha value is -0.490. The molecule has 0 radical (unpaired) electrons. The first-order valence-electron chi connectivity index (χ1n) is 3.99. The van der Waals surface area contributed by atoms with E-state index in [1.165, 1.54) is 22.6 Å². The smallest absolute Gasteiger partial charge is 0.491 e. The zero-order chi connectivity index (χ0) is 14.1. The summed E-state index contributed by atoms with van der Waals surface area (Å²) in [6, 6.07) is 0. The Morgan fingerprint density at radius 1 is 1.44 bits per heavy atom. The van der Waals surface area contributed by atoms with E-state index in [4.69, 9.17) is 10.7 Å². The number of nitrogens with zero attached hydrogens (tertiary/aromatic N) is 1. The Kier molecular flexibility index (Phi) is 4.54. The lowest BCUT2D eigenvalue weighted by Gasteiger charge is -2.14. The molecule has 0 aliphatic rings. The molecule has 0 saturated carbocycles. The van der Waals surface area contributed by atoms with Crippen LogP contribution < -0.4 is 9.47 Å². The van der Waals surface area contributed by atoms with Gasteiger partial charge in [0.25, 0.3) is 9.05 Å². The second-order valence-electron chi connectivity index (χ2n) is 2.76. The number of hydrogen-bond acceptors (Lipinski definition) is 5. The van der Waals surface area contributed by atoms with Gasteiger partial charge < -0.3 is 9.47 Å². The van der Waals surface area contributed by atoms with E-state index in [2.05, 4.69) is 14.5 Å². The normalized spacial score (nSPS) is 12.3. The molecule has 11 heteroatoms. The Morgan fingerprint density at radius 2 is 2.00 bits per heavy atom. The minimum Gasteiger partial charge on any atom is -0.491 e. The van der Waals surface area contributed by atoms with Crippen molar-refractivity contribution in [1.29, 1.82) is 0 Å². The van der Waals surface area contributed by atoms with Crippen LogP contribution in [-0.2, 0) is 9.05 Å². The Balaban J connectivity index is 3.46. The highest BCUT2D eigenvalue weighted by molar-refractivity contribution is 14.1. The lowest BCUT2D eigenvalue weighted by atomic mass is 10.4. The fourth-order valence-corrected chi connectivity index (χ4v) is 3.58. The van der Waals surface area contributed by atoms with Gasteiger partial charge in [0.05, 0.1) is 16.9 Å². The van der Waals surface area contributed by atoms with Crippen LogP contribution in [0.3, 0.4) is 0 Å². The quantitative estimate of drug-likeness (QED) is 0.559. The van der Waals surface area contributed by atoms with Gasteiger partial charge in [-0.2, -0.15) is 0 Å². The highest BCUT2D eigenvalue weighted by atomic mass is 127. The van der Waals surface area contributed by atoms with E-state index in [-0.39, 0.29) is 5.75 Å². The summed E-state index contributed by atoms with van der Waals surface area (Å²) in [4.78, 5) is 3.41. The predicted octanol–water partition coefficient (Wildman–Crippen LogP) is 2.52. The minimum absolute atomic E-state index is 0.360. The zero-order valence-electron chi connectivity index (χ0n) is 8.46. The standard InChI is InChI=1S/C7H4ClF3INO4S/c1-16-3-2-13-6(18(8,14)15)4(12)5(3)17-7(9,10)11/h2H,1H3. The number of ether oxygens (including phenoxy) is 2. The van der Waals surface area contributed by atoms with Gasteiger partial charge in [-0.25, -0.2) is 13.4 Å². The van der Waals surface area contributed by atoms with E-state index in [1.54, 1.807) is 0 Å². The van der Waals surface area contributed by atoms with E-state index >= 15 is 0 Å². The van der Waals surface area contributed by atoms with Crippen LogP contribution >= 0.6 is 33.3 Å². The van der Waals surface area contributed by atoms with Crippen LogP contribution in [0.4, 0.5) is 13.2 Å². The van der Waals surface area contributed by atoms with Gasteiger partial charge in [0, 0.05) is 10.7 Å². The van der Waals surface area contributed by atoms with Crippen LogP contribution in [0, 0.1) is 3.57 Å². The van der Waals surface area contributed by atoms with Gasteiger partial charge in [0.15, 0.2) is 16.5 Å². The molecule has 0 aliphatic carbocycles. The molecule has 1 rings (SSSR count). The average molecular weight is 418 g/mol. The zero-order valence-corrected chi connectivity index (χ0v) is 12.2. The van der Waals surface area contributed by atoms with Gasteiger partial charge in [0.2, 0.25) is 0 Å². The van der Waals surface area contributed by atoms with E-state index < -0.39 is 29.8 Å². The highest BCUT2D eigenvalue weighted by Gasteiger charge is 2.35. The van der Waals surface area contributed by atoms with Crippen molar-refractivity contribution in [3.05, 3.63) is 9.77 Å². The summed E-state index contributed by atoms with van der Waals surface area (Å²) in [7, 11) is 1.83.